The first-order valence-electron chi connectivity index (χ1n) is 4.81. The van der Waals surface area contributed by atoms with Crippen molar-refractivity contribution in [3.63, 3.8) is 0 Å². The van der Waals surface area contributed by atoms with Gasteiger partial charge in [0, 0.05) is 13.2 Å². The molecule has 2 rings (SSSR count). The largest absolute Gasteiger partial charge is 0.467 e. The van der Waals surface area contributed by atoms with Crippen molar-refractivity contribution in [3.05, 3.63) is 17.2 Å². The van der Waals surface area contributed by atoms with Gasteiger partial charge in [0.1, 0.15) is 0 Å². The lowest BCUT2D eigenvalue weighted by molar-refractivity contribution is 0.379. The molecule has 0 aliphatic carbocycles. The van der Waals surface area contributed by atoms with E-state index in [1.54, 1.807) is 4.68 Å². The normalized spacial score (nSPS) is 10.4. The molecule has 0 aromatic carbocycles. The van der Waals surface area contributed by atoms with E-state index in [9.17, 15) is 0 Å². The zero-order chi connectivity index (χ0) is 12.4. The number of nitrogens with zero attached hydrogens (tertiary/aromatic N) is 5. The van der Waals surface area contributed by atoms with E-state index in [2.05, 4.69) is 25.4 Å². The van der Waals surface area contributed by atoms with E-state index in [-0.39, 0.29) is 11.3 Å². The van der Waals surface area contributed by atoms with Crippen molar-refractivity contribution in [1.82, 2.24) is 24.7 Å². The van der Waals surface area contributed by atoms with Crippen LogP contribution in [0.25, 0.3) is 0 Å². The summed E-state index contributed by atoms with van der Waals surface area (Å²) in [5.74, 6) is 0.318. The number of halogens is 1. The molecule has 0 bridgehead atoms. The Labute approximate surface area is 103 Å². The van der Waals surface area contributed by atoms with E-state index in [0.29, 0.717) is 5.95 Å². The first-order valence-corrected chi connectivity index (χ1v) is 5.19. The number of aryl methyl sites for hydroxylation is 2. The van der Waals surface area contributed by atoms with Gasteiger partial charge in [-0.05, 0) is 18.5 Å². The van der Waals surface area contributed by atoms with E-state index < -0.39 is 0 Å². The number of nitrogens with one attached hydrogen (secondary N) is 1. The molecule has 0 aliphatic heterocycles. The highest BCUT2D eigenvalue weighted by Gasteiger charge is 2.08. The average Bonchev–Trinajstić information content (AvgIpc) is 2.56. The van der Waals surface area contributed by atoms with Crippen LogP contribution in [0.3, 0.4) is 0 Å². The second-order valence-electron chi connectivity index (χ2n) is 3.34. The molecule has 2 aromatic heterocycles. The third kappa shape index (κ3) is 2.62. The van der Waals surface area contributed by atoms with Crippen molar-refractivity contribution in [2.45, 2.75) is 6.92 Å². The fourth-order valence-electron chi connectivity index (χ4n) is 1.32. The van der Waals surface area contributed by atoms with Crippen LogP contribution in [-0.4, -0.2) is 31.8 Å². The van der Waals surface area contributed by atoms with Crippen molar-refractivity contribution in [2.24, 2.45) is 7.05 Å². The average molecular weight is 255 g/mol. The highest BCUT2D eigenvalue weighted by atomic mass is 35.5. The summed E-state index contributed by atoms with van der Waals surface area (Å²) in [6, 6.07) is 0.161. The molecule has 0 radical (unpaired) electrons. The second kappa shape index (κ2) is 4.54. The summed E-state index contributed by atoms with van der Waals surface area (Å²) in [5, 5.41) is 7.26. The number of ether oxygens (including phenoxy) is 1. The number of anilines is 2. The fourth-order valence-corrected chi connectivity index (χ4v) is 1.47. The summed E-state index contributed by atoms with van der Waals surface area (Å²) in [6.07, 6.45) is 1.82. The van der Waals surface area contributed by atoms with Crippen LogP contribution in [0.15, 0.2) is 6.20 Å². The van der Waals surface area contributed by atoms with Gasteiger partial charge in [0.25, 0.3) is 0 Å². The van der Waals surface area contributed by atoms with Crippen molar-refractivity contribution >= 4 is 23.2 Å². The van der Waals surface area contributed by atoms with Gasteiger partial charge >= 0.3 is 6.01 Å². The van der Waals surface area contributed by atoms with Crippen LogP contribution in [0.4, 0.5) is 11.6 Å². The Balaban J connectivity index is 2.29. The maximum absolute atomic E-state index is 5.74. The molecule has 90 valence electrons. The lowest BCUT2D eigenvalue weighted by Crippen LogP contribution is -2.01. The van der Waals surface area contributed by atoms with Gasteiger partial charge in [-0.25, -0.2) is 0 Å². The van der Waals surface area contributed by atoms with E-state index >= 15 is 0 Å². The summed E-state index contributed by atoms with van der Waals surface area (Å²) in [5.41, 5.74) is 1.64. The molecule has 0 aliphatic rings. The van der Waals surface area contributed by atoms with E-state index in [1.165, 1.54) is 7.11 Å². The van der Waals surface area contributed by atoms with Crippen LogP contribution < -0.4 is 10.1 Å². The summed E-state index contributed by atoms with van der Waals surface area (Å²) >= 11 is 5.74. The molecule has 2 aromatic rings. The lowest BCUT2D eigenvalue weighted by Gasteiger charge is -2.04. The van der Waals surface area contributed by atoms with Crippen molar-refractivity contribution in [2.75, 3.05) is 12.4 Å². The summed E-state index contributed by atoms with van der Waals surface area (Å²) in [6.45, 7) is 1.88. The molecular weight excluding hydrogens is 244 g/mol. The number of hydrogen-bond donors (Lipinski definition) is 1. The number of methoxy groups -OCH3 is 1. The van der Waals surface area contributed by atoms with Crippen LogP contribution in [0.5, 0.6) is 6.01 Å². The molecule has 1 N–H and O–H groups in total. The zero-order valence-corrected chi connectivity index (χ0v) is 10.4. The van der Waals surface area contributed by atoms with Crippen LogP contribution in [0, 0.1) is 6.92 Å². The van der Waals surface area contributed by atoms with Crippen molar-refractivity contribution in [3.8, 4) is 6.01 Å². The van der Waals surface area contributed by atoms with Crippen LogP contribution >= 0.6 is 11.6 Å². The zero-order valence-electron chi connectivity index (χ0n) is 9.60. The van der Waals surface area contributed by atoms with E-state index in [1.807, 2.05) is 20.2 Å². The predicted molar refractivity (Wildman–Crippen MR) is 62.6 cm³/mol. The Morgan fingerprint density at radius 1 is 1.35 bits per heavy atom. The topological polar surface area (TPSA) is 77.8 Å². The minimum absolute atomic E-state index is 0.0703. The SMILES string of the molecule is COc1nc(Cl)nc(Nc2cn(C)nc2C)n1. The first-order chi connectivity index (χ1) is 8.08. The van der Waals surface area contributed by atoms with Gasteiger partial charge in [-0.3, -0.25) is 4.68 Å². The molecule has 7 nitrogen and oxygen atoms in total. The third-order valence-corrected chi connectivity index (χ3v) is 2.20. The van der Waals surface area contributed by atoms with E-state index in [4.69, 9.17) is 16.3 Å². The Kier molecular flexibility index (Phi) is 3.10. The fraction of sp³-hybridized carbons (Fsp3) is 0.333. The molecule has 2 heterocycles. The molecule has 0 atom stereocenters. The van der Waals surface area contributed by atoms with Gasteiger partial charge < -0.3 is 10.1 Å². The molecule has 0 saturated heterocycles. The van der Waals surface area contributed by atoms with Gasteiger partial charge in [0.05, 0.1) is 18.5 Å². The van der Waals surface area contributed by atoms with Crippen LogP contribution in [0.1, 0.15) is 5.69 Å². The minimum atomic E-state index is 0.0703. The standard InChI is InChI=1S/C9H11ClN6O/c1-5-6(4-16(2)15-5)11-8-12-7(10)13-9(14-8)17-3/h4H,1-3H3,(H,11,12,13,14). The number of aromatic nitrogens is 5. The summed E-state index contributed by atoms with van der Waals surface area (Å²) in [4.78, 5) is 11.7. The molecule has 0 amide bonds. The van der Waals surface area contributed by atoms with E-state index in [0.717, 1.165) is 11.4 Å². The molecule has 17 heavy (non-hydrogen) atoms. The molecule has 8 heteroatoms. The monoisotopic (exact) mass is 254 g/mol. The van der Waals surface area contributed by atoms with Gasteiger partial charge in [-0.2, -0.15) is 20.1 Å². The first kappa shape index (κ1) is 11.6. The van der Waals surface area contributed by atoms with Gasteiger partial charge in [0.15, 0.2) is 0 Å². The maximum Gasteiger partial charge on any atom is 0.322 e. The number of rotatable bonds is 3. The Morgan fingerprint density at radius 2 is 2.12 bits per heavy atom. The van der Waals surface area contributed by atoms with Crippen LogP contribution in [-0.2, 0) is 7.05 Å². The van der Waals surface area contributed by atoms with Gasteiger partial charge in [0.2, 0.25) is 11.2 Å². The lowest BCUT2D eigenvalue weighted by atomic mass is 10.4. The quantitative estimate of drug-likeness (QED) is 0.890. The molecule has 0 fully saturated rings. The Morgan fingerprint density at radius 3 is 2.71 bits per heavy atom. The predicted octanol–water partition coefficient (Wildman–Crippen LogP) is 1.32. The van der Waals surface area contributed by atoms with Crippen molar-refractivity contribution in [1.29, 1.82) is 0 Å². The minimum Gasteiger partial charge on any atom is -0.467 e. The van der Waals surface area contributed by atoms with Gasteiger partial charge in [-0.1, -0.05) is 0 Å². The smallest absolute Gasteiger partial charge is 0.322 e. The third-order valence-electron chi connectivity index (χ3n) is 2.03. The Hall–Kier alpha value is -1.89. The molecule has 0 saturated carbocycles. The Bertz CT molecular complexity index is 540. The molecular formula is C9H11ClN6O. The van der Waals surface area contributed by atoms with Gasteiger partial charge in [-0.15, -0.1) is 0 Å². The highest BCUT2D eigenvalue weighted by Crippen LogP contribution is 2.18. The highest BCUT2D eigenvalue weighted by molar-refractivity contribution is 6.28. The number of hydrogen-bond acceptors (Lipinski definition) is 6. The summed E-state index contributed by atoms with van der Waals surface area (Å²) < 4.78 is 6.59. The summed E-state index contributed by atoms with van der Waals surface area (Å²) in [7, 11) is 3.30. The van der Waals surface area contributed by atoms with Crippen LogP contribution in [0.2, 0.25) is 5.28 Å². The molecule has 0 unspecified atom stereocenters. The second-order valence-corrected chi connectivity index (χ2v) is 3.68. The maximum atomic E-state index is 5.74. The molecule has 0 spiro atoms. The van der Waals surface area contributed by atoms with Crippen molar-refractivity contribution < 1.29 is 4.74 Å².